The van der Waals surface area contributed by atoms with E-state index < -0.39 is 0 Å². The fraction of sp³-hybridized carbons (Fsp3) is 0.167. The normalized spacial score (nSPS) is 10.7. The monoisotopic (exact) mass is 298 g/mol. The van der Waals surface area contributed by atoms with Crippen molar-refractivity contribution in [3.05, 3.63) is 33.6 Å². The second-order valence-electron chi connectivity index (χ2n) is 4.01. The van der Waals surface area contributed by atoms with Crippen molar-refractivity contribution < 1.29 is 5.11 Å². The number of benzene rings is 1. The fourth-order valence-corrected chi connectivity index (χ4v) is 2.15. The van der Waals surface area contributed by atoms with Gasteiger partial charge < -0.3 is 16.6 Å². The summed E-state index contributed by atoms with van der Waals surface area (Å²) in [5.41, 5.74) is 13.8. The van der Waals surface area contributed by atoms with Crippen LogP contribution in [-0.4, -0.2) is 15.1 Å². The lowest BCUT2D eigenvalue weighted by atomic mass is 10.1. The first-order chi connectivity index (χ1) is 8.93. The molecule has 1 heterocycles. The van der Waals surface area contributed by atoms with Gasteiger partial charge in [-0.1, -0.05) is 23.2 Å². The van der Waals surface area contributed by atoms with Crippen molar-refractivity contribution in [2.24, 2.45) is 0 Å². The van der Waals surface area contributed by atoms with E-state index in [2.05, 4.69) is 9.97 Å². The summed E-state index contributed by atoms with van der Waals surface area (Å²) in [6.07, 6.45) is 0. The molecule has 0 aliphatic heterocycles. The van der Waals surface area contributed by atoms with E-state index in [0.29, 0.717) is 32.7 Å². The first-order valence-electron chi connectivity index (χ1n) is 5.42. The van der Waals surface area contributed by atoms with E-state index in [1.54, 1.807) is 19.1 Å². The summed E-state index contributed by atoms with van der Waals surface area (Å²) in [5, 5.41) is 9.86. The average molecular weight is 299 g/mol. The molecule has 0 unspecified atom stereocenters. The molecule has 0 aliphatic rings. The van der Waals surface area contributed by atoms with Gasteiger partial charge in [-0.2, -0.15) is 0 Å². The third-order valence-corrected chi connectivity index (χ3v) is 3.43. The van der Waals surface area contributed by atoms with Gasteiger partial charge in [-0.25, -0.2) is 9.97 Å². The van der Waals surface area contributed by atoms with Crippen LogP contribution >= 0.6 is 23.2 Å². The number of hydrogen-bond acceptors (Lipinski definition) is 5. The highest BCUT2D eigenvalue weighted by molar-refractivity contribution is 6.44. The molecule has 5 nitrogen and oxygen atoms in total. The Morgan fingerprint density at radius 3 is 2.53 bits per heavy atom. The van der Waals surface area contributed by atoms with E-state index in [1.807, 2.05) is 0 Å². The Morgan fingerprint density at radius 1 is 1.21 bits per heavy atom. The summed E-state index contributed by atoms with van der Waals surface area (Å²) in [6.45, 7) is 1.44. The van der Waals surface area contributed by atoms with Gasteiger partial charge in [-0.15, -0.1) is 0 Å². The minimum Gasteiger partial charge on any atom is -0.399 e. The van der Waals surface area contributed by atoms with Gasteiger partial charge in [0.05, 0.1) is 28.0 Å². The van der Waals surface area contributed by atoms with Gasteiger partial charge in [0.2, 0.25) is 0 Å². The SMILES string of the molecule is Cc1nc(N)c(CO)nc1-c1cc(N)cc(Cl)c1Cl. The van der Waals surface area contributed by atoms with Crippen molar-refractivity contribution >= 4 is 34.7 Å². The van der Waals surface area contributed by atoms with E-state index in [1.165, 1.54) is 0 Å². The van der Waals surface area contributed by atoms with Crippen LogP contribution in [0.4, 0.5) is 11.5 Å². The van der Waals surface area contributed by atoms with Crippen LogP contribution in [0.15, 0.2) is 12.1 Å². The van der Waals surface area contributed by atoms with E-state index in [9.17, 15) is 5.11 Å². The van der Waals surface area contributed by atoms with Crippen LogP contribution in [0.3, 0.4) is 0 Å². The second-order valence-corrected chi connectivity index (χ2v) is 4.80. The third kappa shape index (κ3) is 2.58. The van der Waals surface area contributed by atoms with Crippen LogP contribution < -0.4 is 11.5 Å². The minimum atomic E-state index is -0.306. The zero-order chi connectivity index (χ0) is 14.2. The molecule has 5 N–H and O–H groups in total. The van der Waals surface area contributed by atoms with E-state index in [0.717, 1.165) is 0 Å². The van der Waals surface area contributed by atoms with Crippen LogP contribution in [-0.2, 0) is 6.61 Å². The lowest BCUT2D eigenvalue weighted by molar-refractivity contribution is 0.277. The summed E-state index contributed by atoms with van der Waals surface area (Å²) in [6, 6.07) is 3.21. The number of anilines is 2. The maximum atomic E-state index is 9.19. The summed E-state index contributed by atoms with van der Waals surface area (Å²) in [7, 11) is 0. The minimum absolute atomic E-state index is 0.190. The molecule has 2 rings (SSSR count). The number of aryl methyl sites for hydroxylation is 1. The zero-order valence-electron chi connectivity index (χ0n) is 10.1. The molecule has 0 saturated carbocycles. The number of halogens is 2. The molecule has 2 aromatic rings. The summed E-state index contributed by atoms with van der Waals surface area (Å²) in [5.74, 6) is 0.190. The van der Waals surface area contributed by atoms with E-state index in [-0.39, 0.29) is 18.1 Å². The molecule has 0 fully saturated rings. The van der Waals surface area contributed by atoms with Crippen LogP contribution in [0, 0.1) is 6.92 Å². The van der Waals surface area contributed by atoms with Gasteiger partial charge in [0.1, 0.15) is 11.5 Å². The highest BCUT2D eigenvalue weighted by atomic mass is 35.5. The number of aliphatic hydroxyl groups is 1. The average Bonchev–Trinajstić information content (AvgIpc) is 2.34. The number of nitrogens with zero attached hydrogens (tertiary/aromatic N) is 2. The maximum absolute atomic E-state index is 9.19. The Kier molecular flexibility index (Phi) is 3.80. The smallest absolute Gasteiger partial charge is 0.147 e. The van der Waals surface area contributed by atoms with Crippen LogP contribution in [0.1, 0.15) is 11.4 Å². The number of hydrogen-bond donors (Lipinski definition) is 3. The quantitative estimate of drug-likeness (QED) is 0.740. The van der Waals surface area contributed by atoms with Gasteiger partial charge in [0.15, 0.2) is 0 Å². The molecule has 1 aromatic heterocycles. The summed E-state index contributed by atoms with van der Waals surface area (Å²) < 4.78 is 0. The lowest BCUT2D eigenvalue weighted by Gasteiger charge is -2.11. The van der Waals surface area contributed by atoms with Crippen molar-refractivity contribution in [3.63, 3.8) is 0 Å². The topological polar surface area (TPSA) is 98.0 Å². The summed E-state index contributed by atoms with van der Waals surface area (Å²) >= 11 is 12.2. The van der Waals surface area contributed by atoms with Crippen molar-refractivity contribution in [1.82, 2.24) is 9.97 Å². The molecular formula is C12H12Cl2N4O. The Labute approximate surface area is 120 Å². The number of nitrogen functional groups attached to an aromatic ring is 2. The van der Waals surface area contributed by atoms with Crippen molar-refractivity contribution in [3.8, 4) is 11.3 Å². The second kappa shape index (κ2) is 5.21. The Hall–Kier alpha value is -1.56. The fourth-order valence-electron chi connectivity index (χ4n) is 1.73. The molecule has 0 aliphatic carbocycles. The lowest BCUT2D eigenvalue weighted by Crippen LogP contribution is -2.05. The number of aromatic nitrogens is 2. The van der Waals surface area contributed by atoms with Gasteiger partial charge >= 0.3 is 0 Å². The van der Waals surface area contributed by atoms with Gasteiger partial charge in [0, 0.05) is 11.3 Å². The van der Waals surface area contributed by atoms with Crippen LogP contribution in [0.5, 0.6) is 0 Å². The predicted octanol–water partition coefficient (Wildman–Crippen LogP) is 2.42. The van der Waals surface area contributed by atoms with E-state index in [4.69, 9.17) is 34.7 Å². The van der Waals surface area contributed by atoms with Gasteiger partial charge in [-0.3, -0.25) is 0 Å². The highest BCUT2D eigenvalue weighted by Gasteiger charge is 2.15. The summed E-state index contributed by atoms with van der Waals surface area (Å²) in [4.78, 5) is 8.40. The Balaban J connectivity index is 2.72. The molecular weight excluding hydrogens is 287 g/mol. The zero-order valence-corrected chi connectivity index (χ0v) is 11.6. The molecule has 0 radical (unpaired) electrons. The standard InChI is InChI=1S/C12H12Cl2N4O/c1-5-11(18-9(4-19)12(16)17-5)7-2-6(15)3-8(13)10(7)14/h2-3,19H,4,15H2,1H3,(H2,16,17). The molecule has 100 valence electrons. The molecule has 0 amide bonds. The molecule has 19 heavy (non-hydrogen) atoms. The molecule has 1 aromatic carbocycles. The number of nitrogens with two attached hydrogens (primary N) is 2. The maximum Gasteiger partial charge on any atom is 0.147 e. The van der Waals surface area contributed by atoms with Crippen molar-refractivity contribution in [2.45, 2.75) is 13.5 Å². The van der Waals surface area contributed by atoms with Gasteiger partial charge in [-0.05, 0) is 19.1 Å². The largest absolute Gasteiger partial charge is 0.399 e. The molecule has 0 atom stereocenters. The first kappa shape index (κ1) is 13.9. The van der Waals surface area contributed by atoms with E-state index >= 15 is 0 Å². The van der Waals surface area contributed by atoms with Crippen LogP contribution in [0.2, 0.25) is 10.0 Å². The van der Waals surface area contributed by atoms with Crippen molar-refractivity contribution in [2.75, 3.05) is 11.5 Å². The number of rotatable bonds is 2. The Morgan fingerprint density at radius 2 is 1.89 bits per heavy atom. The molecule has 0 bridgehead atoms. The highest BCUT2D eigenvalue weighted by Crippen LogP contribution is 2.36. The molecule has 0 spiro atoms. The Bertz CT molecular complexity index is 646. The predicted molar refractivity (Wildman–Crippen MR) is 77.0 cm³/mol. The molecule has 7 heteroatoms. The number of aliphatic hydroxyl groups excluding tert-OH is 1. The third-order valence-electron chi connectivity index (χ3n) is 2.63. The van der Waals surface area contributed by atoms with Crippen molar-refractivity contribution in [1.29, 1.82) is 0 Å². The van der Waals surface area contributed by atoms with Gasteiger partial charge in [0.25, 0.3) is 0 Å². The molecule has 0 saturated heterocycles. The van der Waals surface area contributed by atoms with Crippen LogP contribution in [0.25, 0.3) is 11.3 Å². The first-order valence-corrected chi connectivity index (χ1v) is 6.18.